The van der Waals surface area contributed by atoms with Gasteiger partial charge in [0.15, 0.2) is 5.96 Å². The van der Waals surface area contributed by atoms with E-state index in [1.165, 1.54) is 5.69 Å². The number of aliphatic imine (C=N–C) groups is 1. The maximum atomic E-state index is 11.7. The molecule has 0 unspecified atom stereocenters. The number of para-hydroxylation sites is 1. The highest BCUT2D eigenvalue weighted by Crippen LogP contribution is 2.18. The Morgan fingerprint density at radius 3 is 2.60 bits per heavy atom. The van der Waals surface area contributed by atoms with Gasteiger partial charge < -0.3 is 20.9 Å². The van der Waals surface area contributed by atoms with Gasteiger partial charge in [0.2, 0.25) is 5.91 Å². The van der Waals surface area contributed by atoms with Gasteiger partial charge in [-0.3, -0.25) is 4.79 Å². The number of carbonyl (C=O) groups excluding carboxylic acids is 1. The lowest BCUT2D eigenvalue weighted by Gasteiger charge is -2.23. The van der Waals surface area contributed by atoms with Crippen molar-refractivity contribution in [2.45, 2.75) is 39.2 Å². The van der Waals surface area contributed by atoms with Crippen molar-refractivity contribution in [1.29, 1.82) is 0 Å². The second-order valence-corrected chi connectivity index (χ2v) is 6.23. The summed E-state index contributed by atoms with van der Waals surface area (Å²) in [6.07, 6.45) is 3.20. The van der Waals surface area contributed by atoms with E-state index in [0.29, 0.717) is 12.0 Å². The molecule has 1 aromatic carbocycles. The quantitative estimate of drug-likeness (QED) is 0.343. The summed E-state index contributed by atoms with van der Waals surface area (Å²) >= 11 is 0. The van der Waals surface area contributed by atoms with Crippen LogP contribution in [0.5, 0.6) is 0 Å². The molecule has 0 radical (unpaired) electrons. The number of hydrogen-bond donors (Lipinski definition) is 3. The van der Waals surface area contributed by atoms with Crippen molar-refractivity contribution in [3.63, 3.8) is 0 Å². The molecule has 138 valence electrons. The van der Waals surface area contributed by atoms with Crippen LogP contribution in [0.4, 0.5) is 5.69 Å². The van der Waals surface area contributed by atoms with Crippen molar-refractivity contribution in [2.24, 2.45) is 4.99 Å². The summed E-state index contributed by atoms with van der Waals surface area (Å²) in [7, 11) is 0. The second-order valence-electron chi connectivity index (χ2n) is 6.23. The van der Waals surface area contributed by atoms with E-state index in [-0.39, 0.29) is 12.5 Å². The third-order valence-corrected chi connectivity index (χ3v) is 4.07. The fourth-order valence-electron chi connectivity index (χ4n) is 2.58. The van der Waals surface area contributed by atoms with E-state index in [4.69, 9.17) is 0 Å². The van der Waals surface area contributed by atoms with Crippen LogP contribution in [0.2, 0.25) is 0 Å². The first kappa shape index (κ1) is 19.1. The SMILES string of the molecule is CCNC(=NCC(=O)NC1CC1)NCCCN(CC)c1ccccc1. The summed E-state index contributed by atoms with van der Waals surface area (Å²) in [4.78, 5) is 18.5. The van der Waals surface area contributed by atoms with Crippen LogP contribution in [0.25, 0.3) is 0 Å². The molecule has 0 spiro atoms. The topological polar surface area (TPSA) is 68.8 Å². The highest BCUT2D eigenvalue weighted by Gasteiger charge is 2.22. The zero-order valence-corrected chi connectivity index (χ0v) is 15.4. The molecule has 0 heterocycles. The molecule has 0 aromatic heterocycles. The molecule has 6 heteroatoms. The number of hydrogen-bond acceptors (Lipinski definition) is 3. The summed E-state index contributed by atoms with van der Waals surface area (Å²) < 4.78 is 0. The molecular formula is C19H31N5O. The van der Waals surface area contributed by atoms with Gasteiger partial charge in [-0.15, -0.1) is 0 Å². The number of rotatable bonds is 10. The predicted octanol–water partition coefficient (Wildman–Crippen LogP) is 1.74. The zero-order valence-electron chi connectivity index (χ0n) is 15.4. The van der Waals surface area contributed by atoms with Gasteiger partial charge in [0, 0.05) is 37.9 Å². The van der Waals surface area contributed by atoms with Gasteiger partial charge in [0.25, 0.3) is 0 Å². The Balaban J connectivity index is 1.71. The molecule has 0 saturated heterocycles. The van der Waals surface area contributed by atoms with Gasteiger partial charge in [-0.2, -0.15) is 0 Å². The van der Waals surface area contributed by atoms with Crippen molar-refractivity contribution in [3.05, 3.63) is 30.3 Å². The van der Waals surface area contributed by atoms with Crippen molar-refractivity contribution in [1.82, 2.24) is 16.0 Å². The van der Waals surface area contributed by atoms with Crippen LogP contribution >= 0.6 is 0 Å². The molecule has 0 atom stereocenters. The molecular weight excluding hydrogens is 314 g/mol. The van der Waals surface area contributed by atoms with Crippen molar-refractivity contribution < 1.29 is 4.79 Å². The third-order valence-electron chi connectivity index (χ3n) is 4.07. The van der Waals surface area contributed by atoms with E-state index >= 15 is 0 Å². The first-order chi connectivity index (χ1) is 12.2. The van der Waals surface area contributed by atoms with Crippen molar-refractivity contribution >= 4 is 17.6 Å². The van der Waals surface area contributed by atoms with Gasteiger partial charge in [0.1, 0.15) is 6.54 Å². The molecule has 1 amide bonds. The van der Waals surface area contributed by atoms with Crippen LogP contribution in [-0.2, 0) is 4.79 Å². The Morgan fingerprint density at radius 1 is 1.20 bits per heavy atom. The number of carbonyl (C=O) groups is 1. The molecule has 1 aliphatic carbocycles. The van der Waals surface area contributed by atoms with E-state index in [0.717, 1.165) is 45.4 Å². The molecule has 25 heavy (non-hydrogen) atoms. The highest BCUT2D eigenvalue weighted by molar-refractivity contribution is 5.85. The first-order valence-electron chi connectivity index (χ1n) is 9.34. The Labute approximate surface area is 151 Å². The molecule has 1 aromatic rings. The van der Waals surface area contributed by atoms with Crippen molar-refractivity contribution in [3.8, 4) is 0 Å². The van der Waals surface area contributed by atoms with E-state index in [2.05, 4.69) is 57.0 Å². The maximum Gasteiger partial charge on any atom is 0.242 e. The Bertz CT molecular complexity index is 542. The second kappa shape index (κ2) is 10.6. The minimum absolute atomic E-state index is 0.000869. The predicted molar refractivity (Wildman–Crippen MR) is 104 cm³/mol. The molecule has 2 rings (SSSR count). The van der Waals surface area contributed by atoms with Gasteiger partial charge in [-0.05, 0) is 45.2 Å². The van der Waals surface area contributed by atoms with E-state index in [9.17, 15) is 4.79 Å². The van der Waals surface area contributed by atoms with Crippen LogP contribution < -0.4 is 20.9 Å². The molecule has 1 aliphatic rings. The fourth-order valence-corrected chi connectivity index (χ4v) is 2.58. The molecule has 3 N–H and O–H groups in total. The number of guanidine groups is 1. The van der Waals surface area contributed by atoms with Crippen molar-refractivity contribution in [2.75, 3.05) is 37.6 Å². The Morgan fingerprint density at radius 2 is 1.96 bits per heavy atom. The summed E-state index contributed by atoms with van der Waals surface area (Å²) in [5, 5.41) is 9.45. The molecule has 0 bridgehead atoms. The first-order valence-corrected chi connectivity index (χ1v) is 9.34. The van der Waals surface area contributed by atoms with E-state index in [1.54, 1.807) is 0 Å². The Kier molecular flexibility index (Phi) is 8.09. The molecule has 6 nitrogen and oxygen atoms in total. The van der Waals surface area contributed by atoms with Crippen LogP contribution in [0.3, 0.4) is 0 Å². The average molecular weight is 345 g/mol. The van der Waals surface area contributed by atoms with Gasteiger partial charge in [0.05, 0.1) is 0 Å². The average Bonchev–Trinajstić information content (AvgIpc) is 3.44. The van der Waals surface area contributed by atoms with Gasteiger partial charge in [-0.1, -0.05) is 18.2 Å². The largest absolute Gasteiger partial charge is 0.372 e. The maximum absolute atomic E-state index is 11.7. The molecule has 1 fully saturated rings. The summed E-state index contributed by atoms with van der Waals surface area (Å²) in [6.45, 7) is 7.94. The fraction of sp³-hybridized carbons (Fsp3) is 0.579. The number of amides is 1. The minimum atomic E-state index is 0.000869. The van der Waals surface area contributed by atoms with Crippen LogP contribution in [0, 0.1) is 0 Å². The Hall–Kier alpha value is -2.24. The molecule has 1 saturated carbocycles. The lowest BCUT2D eigenvalue weighted by Crippen LogP contribution is -2.40. The number of anilines is 1. The monoisotopic (exact) mass is 345 g/mol. The van der Waals surface area contributed by atoms with E-state index in [1.807, 2.05) is 13.0 Å². The molecule has 0 aliphatic heterocycles. The number of nitrogens with zero attached hydrogens (tertiary/aromatic N) is 2. The minimum Gasteiger partial charge on any atom is -0.372 e. The smallest absolute Gasteiger partial charge is 0.242 e. The van der Waals surface area contributed by atoms with Crippen LogP contribution in [0.1, 0.15) is 33.1 Å². The summed E-state index contributed by atoms with van der Waals surface area (Å²) in [6, 6.07) is 10.8. The lowest BCUT2D eigenvalue weighted by molar-refractivity contribution is -0.119. The van der Waals surface area contributed by atoms with Crippen LogP contribution in [0.15, 0.2) is 35.3 Å². The van der Waals surface area contributed by atoms with Gasteiger partial charge >= 0.3 is 0 Å². The van der Waals surface area contributed by atoms with E-state index < -0.39 is 0 Å². The number of nitrogens with one attached hydrogen (secondary N) is 3. The summed E-state index contributed by atoms with van der Waals surface area (Å²) in [5.74, 6) is 0.706. The summed E-state index contributed by atoms with van der Waals surface area (Å²) in [5.41, 5.74) is 1.25. The van der Waals surface area contributed by atoms with Crippen LogP contribution in [-0.4, -0.2) is 50.6 Å². The van der Waals surface area contributed by atoms with Gasteiger partial charge in [-0.25, -0.2) is 4.99 Å². The lowest BCUT2D eigenvalue weighted by atomic mass is 10.2. The normalized spacial score (nSPS) is 14.1. The zero-order chi connectivity index (χ0) is 17.9. The standard InChI is InChI=1S/C19H31N5O/c1-3-20-19(22-15-18(25)23-16-11-12-16)21-13-8-14-24(4-2)17-9-6-5-7-10-17/h5-7,9-10,16H,3-4,8,11-15H2,1-2H3,(H,23,25)(H2,20,21,22). The third kappa shape index (κ3) is 7.45. The highest BCUT2D eigenvalue weighted by atomic mass is 16.2. The number of benzene rings is 1.